The maximum absolute atomic E-state index is 11.1. The van der Waals surface area contributed by atoms with Gasteiger partial charge in [-0.1, -0.05) is 40.2 Å². The van der Waals surface area contributed by atoms with E-state index in [0.717, 1.165) is 40.4 Å². The lowest BCUT2D eigenvalue weighted by molar-refractivity contribution is -0.140. The fourth-order valence-corrected chi connectivity index (χ4v) is 2.74. The molecule has 1 heterocycles. The van der Waals surface area contributed by atoms with Gasteiger partial charge in [-0.2, -0.15) is 0 Å². The zero-order chi connectivity index (χ0) is 16.5. The van der Waals surface area contributed by atoms with E-state index in [2.05, 4.69) is 49.9 Å². The highest BCUT2D eigenvalue weighted by Gasteiger charge is 2.06. The topological polar surface area (TPSA) is 39.2 Å². The van der Waals surface area contributed by atoms with E-state index < -0.39 is 0 Å². The third kappa shape index (κ3) is 5.64. The van der Waals surface area contributed by atoms with E-state index in [4.69, 9.17) is 0 Å². The summed E-state index contributed by atoms with van der Waals surface area (Å²) in [6, 6.07) is 12.2. The fourth-order valence-electron chi connectivity index (χ4n) is 2.34. The van der Waals surface area contributed by atoms with E-state index in [9.17, 15) is 4.79 Å². The molecule has 0 amide bonds. The van der Waals surface area contributed by atoms with E-state index in [-0.39, 0.29) is 5.97 Å². The quantitative estimate of drug-likeness (QED) is 0.505. The van der Waals surface area contributed by atoms with E-state index in [1.54, 1.807) is 6.20 Å². The van der Waals surface area contributed by atoms with Gasteiger partial charge in [0.05, 0.1) is 7.11 Å². The molecule has 4 heteroatoms. The van der Waals surface area contributed by atoms with Crippen LogP contribution in [0.15, 0.2) is 59.3 Å². The molecule has 0 aliphatic rings. The number of aromatic nitrogens is 1. The second kappa shape index (κ2) is 9.26. The van der Waals surface area contributed by atoms with Crippen molar-refractivity contribution in [2.45, 2.75) is 25.7 Å². The molecule has 1 aromatic heterocycles. The zero-order valence-corrected chi connectivity index (χ0v) is 14.8. The smallest absolute Gasteiger partial charge is 0.305 e. The number of ether oxygens (including phenoxy) is 1. The van der Waals surface area contributed by atoms with Gasteiger partial charge in [-0.15, -0.1) is 0 Å². The Bertz CT molecular complexity index is 668. The average molecular weight is 374 g/mol. The van der Waals surface area contributed by atoms with Gasteiger partial charge in [-0.05, 0) is 48.6 Å². The highest BCUT2D eigenvalue weighted by molar-refractivity contribution is 9.10. The van der Waals surface area contributed by atoms with E-state index in [0.29, 0.717) is 6.42 Å². The molecule has 2 aromatic rings. The summed E-state index contributed by atoms with van der Waals surface area (Å²) in [4.78, 5) is 15.4. The van der Waals surface area contributed by atoms with Crippen molar-refractivity contribution in [1.82, 2.24) is 4.98 Å². The maximum Gasteiger partial charge on any atom is 0.305 e. The first-order valence-corrected chi connectivity index (χ1v) is 8.43. The minimum Gasteiger partial charge on any atom is -0.469 e. The molecule has 120 valence electrons. The number of carbonyl (C=O) groups is 1. The SMILES string of the molecule is COC(=O)CCCC/C=C(/c1cccnc1)c1cccc(Br)c1. The second-order valence-corrected chi connectivity index (χ2v) is 6.11. The lowest BCUT2D eigenvalue weighted by Gasteiger charge is -2.09. The number of rotatable bonds is 7. The van der Waals surface area contributed by atoms with Gasteiger partial charge in [-0.25, -0.2) is 0 Å². The van der Waals surface area contributed by atoms with Gasteiger partial charge in [0.15, 0.2) is 0 Å². The summed E-state index contributed by atoms with van der Waals surface area (Å²) in [5.41, 5.74) is 3.41. The fraction of sp³-hybridized carbons (Fsp3) is 0.263. The van der Waals surface area contributed by atoms with Crippen LogP contribution in [-0.2, 0) is 9.53 Å². The number of esters is 1. The van der Waals surface area contributed by atoms with Crippen molar-refractivity contribution in [2.24, 2.45) is 0 Å². The highest BCUT2D eigenvalue weighted by Crippen LogP contribution is 2.26. The van der Waals surface area contributed by atoms with Crippen LogP contribution in [0.4, 0.5) is 0 Å². The third-order valence-corrected chi connectivity index (χ3v) is 4.01. The summed E-state index contributed by atoms with van der Waals surface area (Å²) in [6.45, 7) is 0. The molecular formula is C19H20BrNO2. The Morgan fingerprint density at radius 1 is 1.22 bits per heavy atom. The number of carbonyl (C=O) groups excluding carboxylic acids is 1. The number of hydrogen-bond acceptors (Lipinski definition) is 3. The normalized spacial score (nSPS) is 11.3. The van der Waals surface area contributed by atoms with Crippen LogP contribution in [0.2, 0.25) is 0 Å². The number of benzene rings is 1. The Morgan fingerprint density at radius 3 is 2.74 bits per heavy atom. The molecule has 0 bridgehead atoms. The largest absolute Gasteiger partial charge is 0.469 e. The number of unbranched alkanes of at least 4 members (excludes halogenated alkanes) is 2. The van der Waals surface area contributed by atoms with Crippen LogP contribution >= 0.6 is 15.9 Å². The van der Waals surface area contributed by atoms with Gasteiger partial charge in [0.1, 0.15) is 0 Å². The van der Waals surface area contributed by atoms with Crippen LogP contribution in [0.1, 0.15) is 36.8 Å². The lowest BCUT2D eigenvalue weighted by atomic mass is 9.97. The Kier molecular flexibility index (Phi) is 7.01. The number of allylic oxidation sites excluding steroid dienone is 1. The van der Waals surface area contributed by atoms with Crippen LogP contribution in [0, 0.1) is 0 Å². The molecular weight excluding hydrogens is 354 g/mol. The van der Waals surface area contributed by atoms with Crippen molar-refractivity contribution in [3.8, 4) is 0 Å². The van der Waals surface area contributed by atoms with Crippen LogP contribution in [-0.4, -0.2) is 18.1 Å². The van der Waals surface area contributed by atoms with Gasteiger partial charge in [0.25, 0.3) is 0 Å². The Morgan fingerprint density at radius 2 is 2.04 bits per heavy atom. The summed E-state index contributed by atoms with van der Waals surface area (Å²) >= 11 is 3.53. The molecule has 0 aliphatic heterocycles. The first-order chi connectivity index (χ1) is 11.2. The molecule has 0 atom stereocenters. The van der Waals surface area contributed by atoms with E-state index in [1.165, 1.54) is 7.11 Å². The van der Waals surface area contributed by atoms with Gasteiger partial charge < -0.3 is 4.74 Å². The Hall–Kier alpha value is -1.94. The molecule has 0 saturated heterocycles. The molecule has 3 nitrogen and oxygen atoms in total. The average Bonchev–Trinajstić information content (AvgIpc) is 2.58. The minimum absolute atomic E-state index is 0.145. The number of hydrogen-bond donors (Lipinski definition) is 0. The minimum atomic E-state index is -0.145. The van der Waals surface area contributed by atoms with Gasteiger partial charge in [0, 0.05) is 28.9 Å². The van der Waals surface area contributed by atoms with Crippen LogP contribution in [0.25, 0.3) is 5.57 Å². The van der Waals surface area contributed by atoms with Crippen molar-refractivity contribution in [1.29, 1.82) is 0 Å². The molecule has 0 radical (unpaired) electrons. The molecule has 0 aliphatic carbocycles. The predicted octanol–water partition coefficient (Wildman–Crippen LogP) is 5.01. The number of pyridine rings is 1. The summed E-state index contributed by atoms with van der Waals surface area (Å²) in [5.74, 6) is -0.145. The molecule has 0 fully saturated rings. The molecule has 0 saturated carbocycles. The third-order valence-electron chi connectivity index (χ3n) is 3.52. The molecule has 23 heavy (non-hydrogen) atoms. The zero-order valence-electron chi connectivity index (χ0n) is 13.2. The number of nitrogens with zero attached hydrogens (tertiary/aromatic N) is 1. The predicted molar refractivity (Wildman–Crippen MR) is 95.9 cm³/mol. The van der Waals surface area contributed by atoms with Gasteiger partial charge >= 0.3 is 5.97 Å². The van der Waals surface area contributed by atoms with Gasteiger partial charge in [0.2, 0.25) is 0 Å². The van der Waals surface area contributed by atoms with Crippen molar-refractivity contribution >= 4 is 27.5 Å². The summed E-state index contributed by atoms with van der Waals surface area (Å²) < 4.78 is 5.71. The molecule has 0 N–H and O–H groups in total. The van der Waals surface area contributed by atoms with Crippen molar-refractivity contribution < 1.29 is 9.53 Å². The molecule has 0 spiro atoms. The van der Waals surface area contributed by atoms with Crippen molar-refractivity contribution in [3.63, 3.8) is 0 Å². The second-order valence-electron chi connectivity index (χ2n) is 5.19. The lowest BCUT2D eigenvalue weighted by Crippen LogP contribution is -1.99. The maximum atomic E-state index is 11.1. The van der Waals surface area contributed by atoms with Crippen molar-refractivity contribution in [2.75, 3.05) is 7.11 Å². The first-order valence-electron chi connectivity index (χ1n) is 7.64. The summed E-state index contributed by atoms with van der Waals surface area (Å²) in [7, 11) is 1.43. The standard InChI is InChI=1S/C19H20BrNO2/c1-23-19(22)11-4-2-3-10-18(16-8-6-12-21-14-16)15-7-5-9-17(20)13-15/h5-10,12-14H,2-4,11H2,1H3/b18-10+. The monoisotopic (exact) mass is 373 g/mol. The molecule has 1 aromatic carbocycles. The van der Waals surface area contributed by atoms with Crippen molar-refractivity contribution in [3.05, 3.63) is 70.5 Å². The first kappa shape index (κ1) is 17.4. The van der Waals surface area contributed by atoms with E-state index >= 15 is 0 Å². The van der Waals surface area contributed by atoms with Crippen LogP contribution < -0.4 is 0 Å². The highest BCUT2D eigenvalue weighted by atomic mass is 79.9. The molecule has 0 unspecified atom stereocenters. The summed E-state index contributed by atoms with van der Waals surface area (Å²) in [5, 5.41) is 0. The number of halogens is 1. The number of methoxy groups -OCH3 is 1. The summed E-state index contributed by atoms with van der Waals surface area (Å²) in [6.07, 6.45) is 9.04. The Balaban J connectivity index is 2.11. The van der Waals surface area contributed by atoms with Gasteiger partial charge in [-0.3, -0.25) is 9.78 Å². The van der Waals surface area contributed by atoms with Crippen LogP contribution in [0.3, 0.4) is 0 Å². The Labute approximate surface area is 145 Å². The van der Waals surface area contributed by atoms with E-state index in [1.807, 2.05) is 24.4 Å². The van der Waals surface area contributed by atoms with Crippen LogP contribution in [0.5, 0.6) is 0 Å². The molecule has 2 rings (SSSR count).